The number of carbonyl (C=O) groups excluding carboxylic acids is 7. The van der Waals surface area contributed by atoms with Crippen molar-refractivity contribution in [3.63, 3.8) is 0 Å². The fraction of sp³-hybridized carbons (Fsp3) is 0.521. The van der Waals surface area contributed by atoms with E-state index in [9.17, 15) is 43.8 Å². The summed E-state index contributed by atoms with van der Waals surface area (Å²) < 4.78 is 16.6. The Morgan fingerprint density at radius 1 is 0.971 bits per heavy atom. The summed E-state index contributed by atoms with van der Waals surface area (Å²) in [7, 11) is 1.00. The first-order chi connectivity index (χ1) is 33.1. The van der Waals surface area contributed by atoms with Crippen LogP contribution >= 0.6 is 0 Å². The second kappa shape index (κ2) is 34.8. The molecular formula is C48H73N7O14. The van der Waals surface area contributed by atoms with Gasteiger partial charge >= 0.3 is 6.09 Å². The molecule has 1 fully saturated rings. The van der Waals surface area contributed by atoms with E-state index >= 15 is 0 Å². The highest BCUT2D eigenvalue weighted by Crippen LogP contribution is 2.31. The zero-order valence-corrected chi connectivity index (χ0v) is 40.5. The summed E-state index contributed by atoms with van der Waals surface area (Å²) >= 11 is 0. The number of hydrogen-bond donors (Lipinski definition) is 10. The number of aromatic amines is 1. The van der Waals surface area contributed by atoms with Gasteiger partial charge in [-0.2, -0.15) is 0 Å². The van der Waals surface area contributed by atoms with Crippen LogP contribution in [0.5, 0.6) is 5.75 Å². The maximum Gasteiger partial charge on any atom is 0.408 e. The second-order valence-corrected chi connectivity index (χ2v) is 15.7. The van der Waals surface area contributed by atoms with Crippen molar-refractivity contribution in [1.29, 1.82) is 0 Å². The molecule has 2 heterocycles. The Balaban J connectivity index is 0.00000162. The lowest BCUT2D eigenvalue weighted by Gasteiger charge is -2.35. The van der Waals surface area contributed by atoms with Crippen molar-refractivity contribution in [1.82, 2.24) is 25.8 Å². The van der Waals surface area contributed by atoms with Crippen molar-refractivity contribution in [2.24, 2.45) is 11.7 Å². The van der Waals surface area contributed by atoms with Crippen molar-refractivity contribution >= 4 is 59.0 Å². The number of aromatic nitrogens is 1. The first-order valence-corrected chi connectivity index (χ1v) is 22.9. The number of nitrogens with zero attached hydrogens (tertiary/aromatic N) is 1. The molecule has 11 N–H and O–H groups in total. The number of unbranched alkanes of at least 4 members (excludes halogenated alkanes) is 1. The minimum Gasteiger partial charge on any atom is -0.460 e. The third-order valence-corrected chi connectivity index (χ3v) is 10.2. The topological polar surface area (TPSA) is 321 Å². The number of hydrogen-bond acceptors (Lipinski definition) is 14. The Bertz CT molecular complexity index is 2050. The van der Waals surface area contributed by atoms with Gasteiger partial charge in [0.2, 0.25) is 36.3 Å². The quantitative estimate of drug-likeness (QED) is 0.0578. The van der Waals surface area contributed by atoms with Crippen LogP contribution in [0.4, 0.5) is 10.5 Å². The molecule has 0 spiro atoms. The number of allylic oxidation sites excluding steroid dienone is 1. The number of primary amides is 1. The van der Waals surface area contributed by atoms with E-state index in [2.05, 4.69) is 53.9 Å². The normalized spacial score (nSPS) is 16.8. The molecule has 3 aromatic rings. The zero-order valence-electron chi connectivity index (χ0n) is 40.5. The lowest BCUT2D eigenvalue weighted by Crippen LogP contribution is -2.51. The molecule has 2 aromatic carbocycles. The van der Waals surface area contributed by atoms with Crippen LogP contribution in [-0.2, 0) is 51.3 Å². The van der Waals surface area contributed by atoms with Gasteiger partial charge in [-0.05, 0) is 48.6 Å². The van der Waals surface area contributed by atoms with E-state index < -0.39 is 60.4 Å². The summed E-state index contributed by atoms with van der Waals surface area (Å²) in [6.07, 6.45) is 3.72. The molecule has 6 atom stereocenters. The van der Waals surface area contributed by atoms with E-state index in [1.54, 1.807) is 19.2 Å². The van der Waals surface area contributed by atoms with E-state index in [-0.39, 0.29) is 63.4 Å². The van der Waals surface area contributed by atoms with Crippen LogP contribution in [0.1, 0.15) is 90.7 Å². The predicted molar refractivity (Wildman–Crippen MR) is 258 cm³/mol. The number of aliphatic hydroxyl groups is 4. The number of carbonyl (C=O) groups is 7. The molecule has 21 heteroatoms. The van der Waals surface area contributed by atoms with Gasteiger partial charge < -0.3 is 76.3 Å². The molecule has 69 heavy (non-hydrogen) atoms. The summed E-state index contributed by atoms with van der Waals surface area (Å²) in [5, 5.41) is 47.1. The van der Waals surface area contributed by atoms with Crippen LogP contribution in [0.2, 0.25) is 0 Å². The molecule has 6 amide bonds. The highest BCUT2D eigenvalue weighted by molar-refractivity contribution is 5.93. The largest absolute Gasteiger partial charge is 0.460 e. The third kappa shape index (κ3) is 23.5. The Morgan fingerprint density at radius 3 is 2.23 bits per heavy atom. The van der Waals surface area contributed by atoms with Gasteiger partial charge in [-0.25, -0.2) is 4.79 Å². The molecule has 0 radical (unpaired) electrons. The maximum absolute atomic E-state index is 13.0. The van der Waals surface area contributed by atoms with Crippen LogP contribution < -0.4 is 31.7 Å². The summed E-state index contributed by atoms with van der Waals surface area (Å²) in [6, 6.07) is 10.6. The lowest BCUT2D eigenvalue weighted by atomic mass is 10.0. The van der Waals surface area contributed by atoms with Crippen molar-refractivity contribution in [2.45, 2.75) is 123 Å². The fourth-order valence-corrected chi connectivity index (χ4v) is 6.02. The number of amides is 6. The molecule has 1 aliphatic rings. The van der Waals surface area contributed by atoms with Crippen LogP contribution in [0.3, 0.4) is 0 Å². The molecule has 1 aliphatic heterocycles. The van der Waals surface area contributed by atoms with Crippen molar-refractivity contribution < 1.29 is 68.2 Å². The third-order valence-electron chi connectivity index (χ3n) is 10.2. The number of aliphatic hydroxyl groups excluding tert-OH is 4. The molecule has 4 rings (SSSR count). The number of nitrogens with two attached hydrogens (primary N) is 1. The number of ether oxygens (including phenoxy) is 3. The second-order valence-electron chi connectivity index (χ2n) is 15.7. The number of H-pyrrole nitrogens is 1. The van der Waals surface area contributed by atoms with Gasteiger partial charge in [0, 0.05) is 75.8 Å². The predicted octanol–water partition coefficient (Wildman–Crippen LogP) is 2.68. The van der Waals surface area contributed by atoms with E-state index in [0.29, 0.717) is 30.8 Å². The first kappa shape index (κ1) is 60.6. The minimum absolute atomic E-state index is 0.00495. The number of rotatable bonds is 24. The smallest absolute Gasteiger partial charge is 0.408 e. The number of aldehydes is 1. The molecule has 4 unspecified atom stereocenters. The number of para-hydroxylation sites is 1. The van der Waals surface area contributed by atoms with Gasteiger partial charge in [0.25, 0.3) is 0 Å². The van der Waals surface area contributed by atoms with Crippen molar-refractivity contribution in [2.75, 3.05) is 38.7 Å². The summed E-state index contributed by atoms with van der Waals surface area (Å²) in [4.78, 5) is 88.8. The standard InChI is InChI=1S/C37H45N7O12.C6H14O.C4H10.CH4O/c1-2-13-44(21-46)18-33(50)40-11-9-31(48)39-12-10-32(49)42-27-14-22(7-8-30(27)56-36-34(51)29(47)16-24(19-45)55-36)20-54-37(53)43-28(35(38)52)15-23-17-41-26-6-4-3-5-25(23)26;1-3-6(2)4-5-7;1-3-4-2;1-2/h2-8,13-14,17,19,21,24,28-29,34,36,41,47,51H,9-12,15-16,18,20H2,1H3,(H2,38,52)(H,39,48)(H,40,50)(H,42,49)(H,43,53);6-7H,3-5H2,1-2H3;3-4H2,1-2H3;2H,1H3/b13-2-;;;/t24?,28-,29?,34-,36?;;;/m1.../s1. The molecule has 21 nitrogen and oxygen atoms in total. The van der Waals surface area contributed by atoms with Gasteiger partial charge in [-0.15, -0.1) is 0 Å². The number of nitrogens with one attached hydrogen (secondary N) is 5. The Hall–Kier alpha value is -6.39. The summed E-state index contributed by atoms with van der Waals surface area (Å²) in [5.41, 5.74) is 7.55. The number of fused-ring (bicyclic) bond motifs is 1. The van der Waals surface area contributed by atoms with Gasteiger partial charge in [-0.3, -0.25) is 24.0 Å². The Kier molecular flexibility index (Phi) is 30.6. The SMILES string of the molecule is C/C=C\N(C=O)CC(=O)NCCC(=O)NCCC(=O)Nc1cc(COC(=O)N[C@H](Cc2c[nH]c3ccccc23)C(N)=O)ccc1OC1OC(C=O)CC(O)[C@H]1O.CCC(C)CCO.CCCC.CO. The van der Waals surface area contributed by atoms with Crippen LogP contribution in [0, 0.1) is 5.92 Å². The highest BCUT2D eigenvalue weighted by atomic mass is 16.7. The van der Waals surface area contributed by atoms with Gasteiger partial charge in [0.05, 0.1) is 11.8 Å². The Labute approximate surface area is 403 Å². The van der Waals surface area contributed by atoms with Crippen LogP contribution in [-0.4, -0.2) is 137 Å². The molecular weight excluding hydrogens is 899 g/mol. The lowest BCUT2D eigenvalue weighted by molar-refractivity contribution is -0.228. The summed E-state index contributed by atoms with van der Waals surface area (Å²) in [6.45, 7) is 10.0. The van der Waals surface area contributed by atoms with E-state index in [4.69, 9.17) is 30.2 Å². The maximum atomic E-state index is 13.0. The number of alkyl carbamates (subject to hydrolysis) is 1. The van der Waals surface area contributed by atoms with Crippen LogP contribution in [0.25, 0.3) is 10.9 Å². The van der Waals surface area contributed by atoms with Crippen LogP contribution in [0.15, 0.2) is 60.9 Å². The number of anilines is 1. The molecule has 1 saturated heterocycles. The van der Waals surface area contributed by atoms with Gasteiger partial charge in [0.15, 0.2) is 0 Å². The average molecular weight is 972 g/mol. The fourth-order valence-electron chi connectivity index (χ4n) is 6.02. The van der Waals surface area contributed by atoms with Crippen molar-refractivity contribution in [3.05, 3.63) is 72.1 Å². The minimum atomic E-state index is -1.54. The van der Waals surface area contributed by atoms with E-state index in [1.807, 2.05) is 24.3 Å². The molecule has 384 valence electrons. The zero-order chi connectivity index (χ0) is 51.7. The Morgan fingerprint density at radius 2 is 1.64 bits per heavy atom. The highest BCUT2D eigenvalue weighted by Gasteiger charge is 2.38. The first-order valence-electron chi connectivity index (χ1n) is 22.9. The van der Waals surface area contributed by atoms with Gasteiger partial charge in [-0.1, -0.05) is 77.3 Å². The summed E-state index contributed by atoms with van der Waals surface area (Å²) in [5.74, 6) is -1.62. The molecule has 0 bridgehead atoms. The number of benzene rings is 2. The van der Waals surface area contributed by atoms with E-state index in [0.717, 1.165) is 34.9 Å². The van der Waals surface area contributed by atoms with Gasteiger partial charge in [0.1, 0.15) is 43.4 Å². The molecule has 0 saturated carbocycles. The molecule has 0 aliphatic carbocycles. The van der Waals surface area contributed by atoms with E-state index in [1.165, 1.54) is 43.7 Å². The van der Waals surface area contributed by atoms with Crippen molar-refractivity contribution in [3.8, 4) is 5.75 Å². The molecule has 1 aromatic heterocycles. The average Bonchev–Trinajstić information content (AvgIpc) is 3.75. The monoisotopic (exact) mass is 972 g/mol.